The lowest BCUT2D eigenvalue weighted by Crippen LogP contribution is -2.52. The van der Waals surface area contributed by atoms with E-state index in [2.05, 4.69) is 15.2 Å². The number of aryl methyl sites for hydroxylation is 1. The van der Waals surface area contributed by atoms with E-state index < -0.39 is 18.1 Å². The summed E-state index contributed by atoms with van der Waals surface area (Å²) in [5, 5.41) is 4.20. The summed E-state index contributed by atoms with van der Waals surface area (Å²) in [5.74, 6) is 0.767. The van der Waals surface area contributed by atoms with Gasteiger partial charge in [0.25, 0.3) is 0 Å². The van der Waals surface area contributed by atoms with Gasteiger partial charge >= 0.3 is 11.9 Å². The fourth-order valence-electron chi connectivity index (χ4n) is 6.93. The molecule has 0 aliphatic carbocycles. The van der Waals surface area contributed by atoms with Crippen LogP contribution in [0.2, 0.25) is 10.0 Å². The lowest BCUT2D eigenvalue weighted by molar-refractivity contribution is -0.161. The monoisotopic (exact) mass is 731 g/mol. The van der Waals surface area contributed by atoms with Gasteiger partial charge in [0.1, 0.15) is 18.2 Å². The lowest BCUT2D eigenvalue weighted by Gasteiger charge is -2.44. The van der Waals surface area contributed by atoms with Crippen molar-refractivity contribution in [1.82, 2.24) is 15.2 Å². The Hall–Kier alpha value is -4.15. The van der Waals surface area contributed by atoms with Crippen molar-refractivity contribution in [2.75, 3.05) is 40.4 Å². The first-order chi connectivity index (χ1) is 24.8. The second kappa shape index (κ2) is 17.4. The smallest absolute Gasteiger partial charge is 0.338 e. The minimum atomic E-state index is -0.738. The number of hydrogen-bond donors (Lipinski definition) is 1. The highest BCUT2D eigenvalue weighted by Gasteiger charge is 2.38. The number of nitrogens with zero attached hydrogens (tertiary/aromatic N) is 2. The molecule has 9 nitrogen and oxygen atoms in total. The van der Waals surface area contributed by atoms with Crippen LogP contribution in [-0.4, -0.2) is 68.3 Å². The van der Waals surface area contributed by atoms with Crippen LogP contribution in [0.5, 0.6) is 11.5 Å². The molecule has 0 saturated carbocycles. The number of pyridine rings is 1. The van der Waals surface area contributed by atoms with E-state index in [1.54, 1.807) is 32.4 Å². The number of piperidine rings is 3. The average molecular weight is 733 g/mol. The molecule has 1 aromatic heterocycles. The molecule has 0 amide bonds. The lowest BCUT2D eigenvalue weighted by atomic mass is 9.86. The number of carbonyl (C=O) groups excluding carboxylic acids is 2. The molecule has 4 heterocycles. The standard InChI is InChI=1S/C40H43Cl2N3O6/c1-48-34-14-13-29(21-36(34)49-2)35(22-31-32(41)23-43-24-33(31)42)50-39(46)30-12-6-8-26(20-30)9-7-17-44-38(28-10-4-3-5-11-28)40(47)51-37-25-45-18-15-27(37)16-19-45/h3-6,8,10-14,20-21,23-24,27,35,37-38,44H,7,9,15-19,22,25H2,1-2H3/t35?,37-,38?/m0/s1. The van der Waals surface area contributed by atoms with Gasteiger partial charge < -0.3 is 24.3 Å². The third-order valence-corrected chi connectivity index (χ3v) is 10.4. The molecule has 51 heavy (non-hydrogen) atoms. The predicted molar refractivity (Wildman–Crippen MR) is 197 cm³/mol. The van der Waals surface area contributed by atoms with Crippen molar-refractivity contribution in [2.24, 2.45) is 5.92 Å². The Labute approximate surface area is 309 Å². The number of carbonyl (C=O) groups is 2. The van der Waals surface area contributed by atoms with E-state index in [0.717, 1.165) is 50.0 Å². The Morgan fingerprint density at radius 2 is 1.65 bits per heavy atom. The molecule has 3 fully saturated rings. The molecule has 7 rings (SSSR count). The summed E-state index contributed by atoms with van der Waals surface area (Å²) in [6.45, 7) is 3.58. The first-order valence-corrected chi connectivity index (χ1v) is 18.1. The number of methoxy groups -OCH3 is 2. The number of aromatic nitrogens is 1. The highest BCUT2D eigenvalue weighted by molar-refractivity contribution is 6.35. The van der Waals surface area contributed by atoms with Crippen molar-refractivity contribution in [3.63, 3.8) is 0 Å². The van der Waals surface area contributed by atoms with E-state index in [0.29, 0.717) is 57.1 Å². The summed E-state index contributed by atoms with van der Waals surface area (Å²) in [6.07, 6.45) is 6.04. The van der Waals surface area contributed by atoms with E-state index >= 15 is 0 Å². The summed E-state index contributed by atoms with van der Waals surface area (Å²) < 4.78 is 23.2. The fraction of sp³-hybridized carbons (Fsp3) is 0.375. The molecule has 4 aromatic rings. The van der Waals surface area contributed by atoms with Crippen LogP contribution in [0, 0.1) is 5.92 Å². The number of esters is 2. The normalized spacial score (nSPS) is 19.2. The molecule has 3 aliphatic rings. The molecule has 11 heteroatoms. The largest absolute Gasteiger partial charge is 0.493 e. The van der Waals surface area contributed by atoms with Gasteiger partial charge in [0.05, 0.1) is 29.8 Å². The van der Waals surface area contributed by atoms with Gasteiger partial charge in [-0.3, -0.25) is 9.88 Å². The Morgan fingerprint density at radius 1 is 0.902 bits per heavy atom. The van der Waals surface area contributed by atoms with Crippen molar-refractivity contribution in [1.29, 1.82) is 0 Å². The number of ether oxygens (including phenoxy) is 4. The van der Waals surface area contributed by atoms with E-state index in [4.69, 9.17) is 42.1 Å². The maximum Gasteiger partial charge on any atom is 0.338 e. The van der Waals surface area contributed by atoms with Gasteiger partial charge in [0, 0.05) is 25.4 Å². The second-order valence-corrected chi connectivity index (χ2v) is 13.8. The minimum absolute atomic E-state index is 0.0551. The van der Waals surface area contributed by atoms with Gasteiger partial charge in [-0.05, 0) is 97.8 Å². The Morgan fingerprint density at radius 3 is 2.33 bits per heavy atom. The Balaban J connectivity index is 1.11. The van der Waals surface area contributed by atoms with Gasteiger partial charge in [0.15, 0.2) is 11.5 Å². The zero-order chi connectivity index (χ0) is 35.7. The highest BCUT2D eigenvalue weighted by Crippen LogP contribution is 2.36. The summed E-state index contributed by atoms with van der Waals surface area (Å²) in [4.78, 5) is 33.6. The summed E-state index contributed by atoms with van der Waals surface area (Å²) >= 11 is 12.9. The van der Waals surface area contributed by atoms with Crippen LogP contribution >= 0.6 is 23.2 Å². The van der Waals surface area contributed by atoms with E-state index in [1.807, 2.05) is 54.6 Å². The quantitative estimate of drug-likeness (QED) is 0.0988. The molecule has 3 aromatic carbocycles. The fourth-order valence-corrected chi connectivity index (χ4v) is 7.45. The van der Waals surface area contributed by atoms with Gasteiger partial charge in [0.2, 0.25) is 0 Å². The van der Waals surface area contributed by atoms with E-state index in [1.165, 1.54) is 12.4 Å². The van der Waals surface area contributed by atoms with Crippen LogP contribution in [0.15, 0.2) is 85.2 Å². The van der Waals surface area contributed by atoms with Gasteiger partial charge in [-0.1, -0.05) is 71.7 Å². The molecular weight excluding hydrogens is 689 g/mol. The number of rotatable bonds is 15. The van der Waals surface area contributed by atoms with Crippen LogP contribution in [0.1, 0.15) is 64.0 Å². The minimum Gasteiger partial charge on any atom is -0.493 e. The van der Waals surface area contributed by atoms with Crippen molar-refractivity contribution in [3.8, 4) is 11.5 Å². The van der Waals surface area contributed by atoms with Crippen LogP contribution in [-0.2, 0) is 27.1 Å². The zero-order valence-electron chi connectivity index (χ0n) is 28.9. The Kier molecular flexibility index (Phi) is 12.5. The number of benzene rings is 3. The van der Waals surface area contributed by atoms with E-state index in [9.17, 15) is 9.59 Å². The molecule has 1 N–H and O–H groups in total. The average Bonchev–Trinajstić information content (AvgIpc) is 3.16. The highest BCUT2D eigenvalue weighted by atomic mass is 35.5. The summed E-state index contributed by atoms with van der Waals surface area (Å²) in [5.41, 5.74) is 3.57. The molecule has 3 saturated heterocycles. The summed E-state index contributed by atoms with van der Waals surface area (Å²) in [6, 6.07) is 21.9. The molecule has 2 unspecified atom stereocenters. The number of hydrogen-bond acceptors (Lipinski definition) is 9. The number of fused-ring (bicyclic) bond motifs is 3. The second-order valence-electron chi connectivity index (χ2n) is 13.0. The molecule has 0 radical (unpaired) electrons. The van der Waals surface area contributed by atoms with Gasteiger partial charge in [-0.25, -0.2) is 9.59 Å². The van der Waals surface area contributed by atoms with Crippen molar-refractivity contribution in [2.45, 2.75) is 50.4 Å². The zero-order valence-corrected chi connectivity index (χ0v) is 30.4. The van der Waals surface area contributed by atoms with Crippen LogP contribution in [0.4, 0.5) is 0 Å². The number of nitrogens with one attached hydrogen (secondary N) is 1. The maximum atomic E-state index is 13.7. The molecule has 2 bridgehead atoms. The van der Waals surface area contributed by atoms with Crippen LogP contribution < -0.4 is 14.8 Å². The van der Waals surface area contributed by atoms with Gasteiger partial charge in [-0.15, -0.1) is 0 Å². The molecule has 3 atom stereocenters. The van der Waals surface area contributed by atoms with Crippen molar-refractivity contribution >= 4 is 35.1 Å². The topological polar surface area (TPSA) is 99.2 Å². The van der Waals surface area contributed by atoms with E-state index in [-0.39, 0.29) is 18.5 Å². The SMILES string of the molecule is COc1ccc(C(Cc2c(Cl)cncc2Cl)OC(=O)c2cccc(CCCNC(C(=O)O[C@H]3CN4CCC3CC4)c3ccccc3)c2)cc1OC. The molecule has 0 spiro atoms. The van der Waals surface area contributed by atoms with Gasteiger partial charge in [-0.2, -0.15) is 0 Å². The predicted octanol–water partition coefficient (Wildman–Crippen LogP) is 7.45. The first-order valence-electron chi connectivity index (χ1n) is 17.3. The Bertz CT molecular complexity index is 1780. The van der Waals surface area contributed by atoms with Crippen LogP contribution in [0.25, 0.3) is 0 Å². The molecule has 3 aliphatic heterocycles. The summed E-state index contributed by atoms with van der Waals surface area (Å²) in [7, 11) is 3.11. The third kappa shape index (κ3) is 9.21. The molecular formula is C40H43Cl2N3O6. The molecule has 268 valence electrons. The third-order valence-electron chi connectivity index (χ3n) is 9.76. The first kappa shape index (κ1) is 36.6. The van der Waals surface area contributed by atoms with Crippen molar-refractivity contribution in [3.05, 3.63) is 123 Å². The maximum absolute atomic E-state index is 13.7. The number of halogens is 2. The van der Waals surface area contributed by atoms with Crippen molar-refractivity contribution < 1.29 is 28.5 Å². The van der Waals surface area contributed by atoms with Crippen LogP contribution in [0.3, 0.4) is 0 Å².